The Morgan fingerprint density at radius 3 is 1.30 bits per heavy atom. The van der Waals surface area contributed by atoms with Gasteiger partial charge in [-0.05, 0) is 56.6 Å². The van der Waals surface area contributed by atoms with Crippen LogP contribution in [0, 0.1) is 0 Å². The molecule has 8 rings (SSSR count). The summed E-state index contributed by atoms with van der Waals surface area (Å²) in [5.74, 6) is 1.59. The van der Waals surface area contributed by atoms with Crippen molar-refractivity contribution < 1.29 is 18.9 Å². The van der Waals surface area contributed by atoms with Crippen LogP contribution < -0.4 is 9.47 Å². The van der Waals surface area contributed by atoms with E-state index in [1.54, 1.807) is 0 Å². The summed E-state index contributed by atoms with van der Waals surface area (Å²) in [6, 6.07) is 16.7. The Morgan fingerprint density at radius 2 is 0.913 bits per heavy atom. The molecule has 4 heterocycles. The summed E-state index contributed by atoms with van der Waals surface area (Å²) in [4.78, 5) is 0. The van der Waals surface area contributed by atoms with E-state index < -0.39 is 0 Å². The summed E-state index contributed by atoms with van der Waals surface area (Å²) in [6.07, 6.45) is 0. The van der Waals surface area contributed by atoms with Gasteiger partial charge in [-0.15, -0.1) is 0 Å². The molecule has 4 aromatic rings. The zero-order valence-corrected chi connectivity index (χ0v) is 12.4. The molecule has 0 N–H and O–H groups in total. The van der Waals surface area contributed by atoms with Gasteiger partial charge in [0.25, 0.3) is 0 Å². The van der Waals surface area contributed by atoms with Crippen LogP contribution in [0.1, 0.15) is 0 Å². The molecule has 4 aromatic carbocycles. The molecule has 0 radical (unpaired) electrons. The number of benzene rings is 4. The number of hydrogen-bond donors (Lipinski definition) is 0. The molecule has 4 aliphatic rings. The summed E-state index contributed by atoms with van der Waals surface area (Å²) in [5, 5.41) is 7.16. The summed E-state index contributed by atoms with van der Waals surface area (Å²) in [6.45, 7) is 0.420. The monoisotopic (exact) mass is 306 g/mol. The normalized spacial score (nSPS) is 15.7. The predicted octanol–water partition coefficient (Wildman–Crippen LogP) is 4.26. The van der Waals surface area contributed by atoms with Crippen LogP contribution in [0.3, 0.4) is 0 Å². The maximum absolute atomic E-state index is 5.68. The number of rotatable bonds is 0. The lowest BCUT2D eigenvalue weighted by Gasteiger charge is -2.13. The van der Waals surface area contributed by atoms with Crippen LogP contribution in [0.2, 0.25) is 0 Å². The number of ether oxygens (including phenoxy) is 4. The largest absolute Gasteiger partial charge is 0.467 e. The van der Waals surface area contributed by atoms with Crippen molar-refractivity contribution in [1.82, 2.24) is 0 Å². The highest BCUT2D eigenvalue weighted by atomic mass is 16.8. The molecule has 0 aliphatic carbocycles. The highest BCUT2D eigenvalue weighted by Crippen LogP contribution is 2.38. The quantitative estimate of drug-likeness (QED) is 0.455. The second kappa shape index (κ2) is 4.98. The Balaban J connectivity index is 1.87. The van der Waals surface area contributed by atoms with Crippen LogP contribution in [0.4, 0.5) is 0 Å². The van der Waals surface area contributed by atoms with Gasteiger partial charge in [0.05, 0.1) is 0 Å². The first-order valence-corrected chi connectivity index (χ1v) is 7.52. The molecule has 4 nitrogen and oxygen atoms in total. The molecular formula is C19H14O4. The molecular weight excluding hydrogens is 292 g/mol. The van der Waals surface area contributed by atoms with E-state index >= 15 is 0 Å². The summed E-state index contributed by atoms with van der Waals surface area (Å²) in [7, 11) is 0. The minimum Gasteiger partial charge on any atom is -0.467 e. The van der Waals surface area contributed by atoms with Crippen molar-refractivity contribution in [1.29, 1.82) is 0 Å². The van der Waals surface area contributed by atoms with Crippen LogP contribution >= 0.6 is 0 Å². The van der Waals surface area contributed by atoms with Crippen LogP contribution in [-0.2, 0) is 9.47 Å². The van der Waals surface area contributed by atoms with Crippen molar-refractivity contribution in [2.75, 3.05) is 20.4 Å². The first kappa shape index (κ1) is 12.9. The Labute approximate surface area is 132 Å². The molecule has 23 heavy (non-hydrogen) atoms. The maximum atomic E-state index is 5.68. The molecule has 0 amide bonds. The SMILES string of the molecule is c1cc2cc3cc4ccc5cc(cc1c5c24)OCOCOCO3. The number of hydrogen-bond acceptors (Lipinski definition) is 4. The van der Waals surface area contributed by atoms with E-state index in [0.717, 1.165) is 33.0 Å². The Hall–Kier alpha value is -2.56. The van der Waals surface area contributed by atoms with Gasteiger partial charge in [0.2, 0.25) is 0 Å². The van der Waals surface area contributed by atoms with E-state index in [1.165, 1.54) is 10.8 Å². The standard InChI is InChI=1S/C19H14O4/c1-2-13-6-17-8-15-4-3-14-7-16(5-12(1)18(14)19(13)15)22-10-20-9-21-11-23-17/h1-8H,9-11H2. The molecule has 4 heteroatoms. The highest BCUT2D eigenvalue weighted by molar-refractivity contribution is 6.23. The van der Waals surface area contributed by atoms with Crippen molar-refractivity contribution in [2.24, 2.45) is 0 Å². The molecule has 4 aliphatic heterocycles. The predicted molar refractivity (Wildman–Crippen MR) is 88.2 cm³/mol. The Bertz CT molecular complexity index is 861. The van der Waals surface area contributed by atoms with Gasteiger partial charge in [-0.25, -0.2) is 0 Å². The van der Waals surface area contributed by atoms with Gasteiger partial charge < -0.3 is 18.9 Å². The molecule has 0 atom stereocenters. The van der Waals surface area contributed by atoms with E-state index in [-0.39, 0.29) is 20.4 Å². The fraction of sp³-hybridized carbons (Fsp3) is 0.158. The first-order valence-electron chi connectivity index (χ1n) is 7.52. The third-order valence-electron chi connectivity index (χ3n) is 4.27. The molecule has 114 valence electrons. The lowest BCUT2D eigenvalue weighted by molar-refractivity contribution is -0.129. The zero-order chi connectivity index (χ0) is 15.2. The third-order valence-corrected chi connectivity index (χ3v) is 4.27. The average molecular weight is 306 g/mol. The van der Waals surface area contributed by atoms with E-state index in [9.17, 15) is 0 Å². The van der Waals surface area contributed by atoms with Gasteiger partial charge in [0, 0.05) is 0 Å². The van der Waals surface area contributed by atoms with E-state index in [4.69, 9.17) is 18.9 Å². The Morgan fingerprint density at radius 1 is 0.522 bits per heavy atom. The third kappa shape index (κ3) is 2.07. The Kier molecular flexibility index (Phi) is 2.80. The van der Waals surface area contributed by atoms with Gasteiger partial charge in [0.1, 0.15) is 11.5 Å². The molecule has 0 saturated heterocycles. The molecule has 0 unspecified atom stereocenters. The van der Waals surface area contributed by atoms with Gasteiger partial charge in [-0.1, -0.05) is 24.3 Å². The topological polar surface area (TPSA) is 36.9 Å². The molecule has 0 aromatic heterocycles. The molecule has 0 fully saturated rings. The molecule has 0 saturated carbocycles. The fourth-order valence-electron chi connectivity index (χ4n) is 3.29. The number of fused-ring (bicyclic) bond motifs is 2. The van der Waals surface area contributed by atoms with Gasteiger partial charge >= 0.3 is 0 Å². The highest BCUT2D eigenvalue weighted by Gasteiger charge is 2.12. The van der Waals surface area contributed by atoms with Gasteiger partial charge in [-0.3, -0.25) is 0 Å². The van der Waals surface area contributed by atoms with Crippen LogP contribution in [0.15, 0.2) is 48.5 Å². The van der Waals surface area contributed by atoms with Gasteiger partial charge in [0.15, 0.2) is 20.4 Å². The maximum Gasteiger partial charge on any atom is 0.191 e. The molecule has 8 bridgehead atoms. The van der Waals surface area contributed by atoms with E-state index in [1.807, 2.05) is 0 Å². The van der Waals surface area contributed by atoms with Crippen molar-refractivity contribution in [3.8, 4) is 11.5 Å². The van der Waals surface area contributed by atoms with Crippen LogP contribution in [0.25, 0.3) is 32.3 Å². The van der Waals surface area contributed by atoms with Gasteiger partial charge in [-0.2, -0.15) is 0 Å². The lowest BCUT2D eigenvalue weighted by atomic mass is 9.94. The minimum absolute atomic E-state index is 0.131. The summed E-state index contributed by atoms with van der Waals surface area (Å²) >= 11 is 0. The smallest absolute Gasteiger partial charge is 0.191 e. The van der Waals surface area contributed by atoms with Crippen molar-refractivity contribution in [3.63, 3.8) is 0 Å². The van der Waals surface area contributed by atoms with E-state index in [2.05, 4.69) is 48.5 Å². The van der Waals surface area contributed by atoms with Crippen molar-refractivity contribution in [2.45, 2.75) is 0 Å². The lowest BCUT2D eigenvalue weighted by Crippen LogP contribution is -2.10. The second-order valence-corrected chi connectivity index (χ2v) is 5.67. The van der Waals surface area contributed by atoms with Crippen LogP contribution in [0.5, 0.6) is 11.5 Å². The second-order valence-electron chi connectivity index (χ2n) is 5.67. The minimum atomic E-state index is 0.131. The average Bonchev–Trinajstić information content (AvgIpc) is 2.59. The van der Waals surface area contributed by atoms with Crippen LogP contribution in [-0.4, -0.2) is 20.4 Å². The zero-order valence-electron chi connectivity index (χ0n) is 12.4. The fourth-order valence-corrected chi connectivity index (χ4v) is 3.29. The summed E-state index contributed by atoms with van der Waals surface area (Å²) < 4.78 is 22.0. The summed E-state index contributed by atoms with van der Waals surface area (Å²) in [5.41, 5.74) is 0. The van der Waals surface area contributed by atoms with E-state index in [0.29, 0.717) is 0 Å². The first-order chi connectivity index (χ1) is 11.4. The van der Waals surface area contributed by atoms with Crippen molar-refractivity contribution >= 4 is 32.3 Å². The van der Waals surface area contributed by atoms with Crippen molar-refractivity contribution in [3.05, 3.63) is 48.5 Å². The molecule has 0 spiro atoms.